The third-order valence-corrected chi connectivity index (χ3v) is 6.34. The van der Waals surface area contributed by atoms with E-state index >= 15 is 0 Å². The Kier molecular flexibility index (Phi) is 7.46. The highest BCUT2D eigenvalue weighted by Gasteiger charge is 2.20. The van der Waals surface area contributed by atoms with Crippen molar-refractivity contribution in [3.63, 3.8) is 0 Å². The Balaban J connectivity index is 2.17. The molecular weight excluding hydrogens is 363 g/mol. The van der Waals surface area contributed by atoms with Crippen molar-refractivity contribution in [2.45, 2.75) is 67.2 Å². The van der Waals surface area contributed by atoms with E-state index in [1.807, 2.05) is 12.1 Å². The molecule has 0 aromatic heterocycles. The second-order valence-corrected chi connectivity index (χ2v) is 10.4. The molecule has 0 saturated heterocycles. The smallest absolute Gasteiger partial charge is 0.186 e. The van der Waals surface area contributed by atoms with Crippen LogP contribution < -0.4 is 10.0 Å². The van der Waals surface area contributed by atoms with E-state index in [0.717, 1.165) is 46.3 Å². The van der Waals surface area contributed by atoms with Crippen LogP contribution in [-0.2, 0) is 5.41 Å². The standard InChI is InChI=1S/C25H35O2P/c1-16(2)11-12-27-21-9-10-22(17(3)15-21)28-24(26)23-18(4)13-20(14-19(23)5)25(6,7)8/h9-10,13-16,28H,11-12H2,1-8H3. The van der Waals surface area contributed by atoms with Crippen molar-refractivity contribution in [1.82, 2.24) is 0 Å². The molecule has 28 heavy (non-hydrogen) atoms. The molecule has 2 nitrogen and oxygen atoms in total. The molecule has 3 heteroatoms. The molecule has 0 heterocycles. The second-order valence-electron chi connectivity index (χ2n) is 9.20. The number of hydrogen-bond donors (Lipinski definition) is 0. The summed E-state index contributed by atoms with van der Waals surface area (Å²) in [5.74, 6) is 1.52. The highest BCUT2D eigenvalue weighted by molar-refractivity contribution is 7.66. The van der Waals surface area contributed by atoms with Gasteiger partial charge in [-0.3, -0.25) is 4.79 Å². The average Bonchev–Trinajstić information content (AvgIpc) is 2.55. The molecule has 152 valence electrons. The average molecular weight is 399 g/mol. The van der Waals surface area contributed by atoms with Crippen molar-refractivity contribution >= 4 is 19.4 Å². The van der Waals surface area contributed by atoms with E-state index in [-0.39, 0.29) is 19.5 Å². The summed E-state index contributed by atoms with van der Waals surface area (Å²) in [4.78, 5) is 13.1. The van der Waals surface area contributed by atoms with Gasteiger partial charge in [0.05, 0.1) is 6.61 Å². The van der Waals surface area contributed by atoms with E-state index < -0.39 is 0 Å². The third-order valence-electron chi connectivity index (χ3n) is 5.04. The number of rotatable bonds is 7. The highest BCUT2D eigenvalue weighted by atomic mass is 31.1. The van der Waals surface area contributed by atoms with Crippen LogP contribution in [0, 0.1) is 26.7 Å². The largest absolute Gasteiger partial charge is 0.494 e. The fraction of sp³-hybridized carbons (Fsp3) is 0.480. The first-order chi connectivity index (χ1) is 13.0. The van der Waals surface area contributed by atoms with E-state index in [2.05, 4.69) is 73.6 Å². The summed E-state index contributed by atoms with van der Waals surface area (Å²) in [6.45, 7) is 17.9. The Morgan fingerprint density at radius 2 is 1.61 bits per heavy atom. The van der Waals surface area contributed by atoms with Gasteiger partial charge in [0.1, 0.15) is 5.75 Å². The molecule has 0 aliphatic rings. The van der Waals surface area contributed by atoms with Gasteiger partial charge in [-0.05, 0) is 86.8 Å². The molecule has 0 spiro atoms. The van der Waals surface area contributed by atoms with Crippen LogP contribution in [0.2, 0.25) is 0 Å². The Labute approximate surface area is 172 Å². The van der Waals surface area contributed by atoms with E-state index in [0.29, 0.717) is 5.92 Å². The zero-order chi connectivity index (χ0) is 21.1. The SMILES string of the molecule is Cc1cc(OCCC(C)C)ccc1PC(=O)c1c(C)cc(C(C)(C)C)cc1C. The molecule has 2 aromatic rings. The summed E-state index contributed by atoms with van der Waals surface area (Å²) >= 11 is 0. The molecule has 1 unspecified atom stereocenters. The lowest BCUT2D eigenvalue weighted by atomic mass is 9.84. The van der Waals surface area contributed by atoms with Gasteiger partial charge in [-0.15, -0.1) is 0 Å². The van der Waals surface area contributed by atoms with Crippen LogP contribution in [0.25, 0.3) is 0 Å². The number of hydrogen-bond acceptors (Lipinski definition) is 2. The first kappa shape index (κ1) is 22.6. The van der Waals surface area contributed by atoms with Crippen molar-refractivity contribution in [2.75, 3.05) is 6.61 Å². The third kappa shape index (κ3) is 5.92. The minimum absolute atomic E-state index is 0.0847. The van der Waals surface area contributed by atoms with Gasteiger partial charge in [0.15, 0.2) is 5.52 Å². The van der Waals surface area contributed by atoms with Crippen molar-refractivity contribution < 1.29 is 9.53 Å². The summed E-state index contributed by atoms with van der Waals surface area (Å²) in [7, 11) is 0.131. The molecule has 2 aromatic carbocycles. The number of carbonyl (C=O) groups excluding carboxylic acids is 1. The van der Waals surface area contributed by atoms with Gasteiger partial charge in [0, 0.05) is 5.56 Å². The number of benzene rings is 2. The molecular formula is C25H35O2P. The monoisotopic (exact) mass is 398 g/mol. The Bertz CT molecular complexity index is 821. The van der Waals surface area contributed by atoms with Gasteiger partial charge in [0.2, 0.25) is 0 Å². The summed E-state index contributed by atoms with van der Waals surface area (Å²) < 4.78 is 5.84. The molecule has 0 amide bonds. The molecule has 0 saturated carbocycles. The first-order valence-electron chi connectivity index (χ1n) is 10.2. The van der Waals surface area contributed by atoms with E-state index in [1.165, 1.54) is 5.56 Å². The number of carbonyl (C=O) groups is 1. The zero-order valence-corrected chi connectivity index (χ0v) is 19.7. The van der Waals surface area contributed by atoms with E-state index in [4.69, 9.17) is 4.74 Å². The maximum absolute atomic E-state index is 13.1. The van der Waals surface area contributed by atoms with Gasteiger partial charge < -0.3 is 4.74 Å². The number of aryl methyl sites for hydroxylation is 3. The van der Waals surface area contributed by atoms with Crippen LogP contribution in [0.5, 0.6) is 5.75 Å². The lowest BCUT2D eigenvalue weighted by Gasteiger charge is -2.22. The van der Waals surface area contributed by atoms with Gasteiger partial charge >= 0.3 is 0 Å². The first-order valence-corrected chi connectivity index (χ1v) is 11.2. The maximum atomic E-state index is 13.1. The van der Waals surface area contributed by atoms with Crippen LogP contribution in [-0.4, -0.2) is 12.1 Å². The summed E-state index contributed by atoms with van der Waals surface area (Å²) in [5.41, 5.74) is 5.73. The molecule has 1 atom stereocenters. The second kappa shape index (κ2) is 9.23. The van der Waals surface area contributed by atoms with Crippen molar-refractivity contribution in [3.05, 3.63) is 58.1 Å². The fourth-order valence-corrected chi connectivity index (χ4v) is 4.42. The predicted octanol–water partition coefficient (Wildman–Crippen LogP) is 6.48. The van der Waals surface area contributed by atoms with Gasteiger partial charge in [0.25, 0.3) is 0 Å². The molecule has 0 N–H and O–H groups in total. The van der Waals surface area contributed by atoms with Crippen molar-refractivity contribution in [2.24, 2.45) is 5.92 Å². The zero-order valence-electron chi connectivity index (χ0n) is 18.7. The predicted molar refractivity (Wildman–Crippen MR) is 123 cm³/mol. The van der Waals surface area contributed by atoms with E-state index in [9.17, 15) is 4.79 Å². The Morgan fingerprint density at radius 1 is 1.00 bits per heavy atom. The van der Waals surface area contributed by atoms with Crippen molar-refractivity contribution in [3.8, 4) is 5.75 Å². The Hall–Kier alpha value is -1.66. The summed E-state index contributed by atoms with van der Waals surface area (Å²) in [5, 5.41) is 1.10. The molecule has 0 aliphatic heterocycles. The summed E-state index contributed by atoms with van der Waals surface area (Å²) in [6.07, 6.45) is 1.05. The quantitative estimate of drug-likeness (QED) is 0.499. The molecule has 2 rings (SSSR count). The van der Waals surface area contributed by atoms with Gasteiger partial charge in [-0.2, -0.15) is 0 Å². The topological polar surface area (TPSA) is 26.3 Å². The van der Waals surface area contributed by atoms with Crippen LogP contribution in [0.4, 0.5) is 0 Å². The lowest BCUT2D eigenvalue weighted by molar-refractivity contribution is 0.108. The maximum Gasteiger partial charge on any atom is 0.186 e. The van der Waals surface area contributed by atoms with E-state index in [1.54, 1.807) is 0 Å². The minimum atomic E-state index is 0.0847. The van der Waals surface area contributed by atoms with Crippen LogP contribution in [0.15, 0.2) is 30.3 Å². The fourth-order valence-electron chi connectivity index (χ4n) is 3.22. The summed E-state index contributed by atoms with van der Waals surface area (Å²) in [6, 6.07) is 10.4. The molecule has 0 bridgehead atoms. The van der Waals surface area contributed by atoms with Crippen LogP contribution in [0.1, 0.15) is 73.7 Å². The van der Waals surface area contributed by atoms with Gasteiger partial charge in [-0.1, -0.05) is 52.8 Å². The van der Waals surface area contributed by atoms with Crippen LogP contribution in [0.3, 0.4) is 0 Å². The lowest BCUT2D eigenvalue weighted by Crippen LogP contribution is -2.14. The van der Waals surface area contributed by atoms with Crippen LogP contribution >= 0.6 is 8.58 Å². The van der Waals surface area contributed by atoms with Crippen molar-refractivity contribution in [1.29, 1.82) is 0 Å². The highest BCUT2D eigenvalue weighted by Crippen LogP contribution is 2.31. The molecule has 0 fully saturated rings. The number of ether oxygens (including phenoxy) is 1. The molecule has 0 radical (unpaired) electrons. The minimum Gasteiger partial charge on any atom is -0.494 e. The van der Waals surface area contributed by atoms with Gasteiger partial charge in [-0.25, -0.2) is 0 Å². The molecule has 0 aliphatic carbocycles. The normalized spacial score (nSPS) is 12.2. The Morgan fingerprint density at radius 3 is 2.11 bits per heavy atom.